The van der Waals surface area contributed by atoms with Crippen molar-refractivity contribution in [1.82, 2.24) is 10.2 Å². The molecule has 188 valence electrons. The van der Waals surface area contributed by atoms with Crippen molar-refractivity contribution in [1.29, 1.82) is 0 Å². The molecule has 2 aromatic rings. The van der Waals surface area contributed by atoms with E-state index < -0.39 is 0 Å². The van der Waals surface area contributed by atoms with Crippen molar-refractivity contribution in [2.24, 2.45) is 17.8 Å². The van der Waals surface area contributed by atoms with E-state index in [0.29, 0.717) is 36.0 Å². The van der Waals surface area contributed by atoms with Gasteiger partial charge in [-0.3, -0.25) is 15.0 Å². The van der Waals surface area contributed by atoms with Crippen molar-refractivity contribution in [2.75, 3.05) is 27.3 Å². The first-order valence-electron chi connectivity index (χ1n) is 13.3. The summed E-state index contributed by atoms with van der Waals surface area (Å²) >= 11 is 0. The van der Waals surface area contributed by atoms with Gasteiger partial charge in [-0.1, -0.05) is 38.1 Å². The fourth-order valence-corrected chi connectivity index (χ4v) is 6.79. The summed E-state index contributed by atoms with van der Waals surface area (Å²) in [6.45, 7) is 7.67. The lowest BCUT2D eigenvalue weighted by Gasteiger charge is -2.48. The first-order valence-corrected chi connectivity index (χ1v) is 13.3. The molecule has 2 aromatic carbocycles. The molecule has 0 amide bonds. The van der Waals surface area contributed by atoms with Gasteiger partial charge in [0, 0.05) is 32.1 Å². The summed E-state index contributed by atoms with van der Waals surface area (Å²) in [7, 11) is 3.43. The number of hydrogen-bond acceptors (Lipinski definition) is 5. The number of carbonyl (C=O) groups excluding carboxylic acids is 1. The molecule has 0 bridgehead atoms. The quantitative estimate of drug-likeness (QED) is 0.547. The van der Waals surface area contributed by atoms with E-state index in [1.54, 1.807) is 14.2 Å². The second-order valence-electron chi connectivity index (χ2n) is 11.1. The van der Waals surface area contributed by atoms with Crippen molar-refractivity contribution >= 4 is 5.78 Å². The minimum Gasteiger partial charge on any atom is -0.493 e. The lowest BCUT2D eigenvalue weighted by molar-refractivity contribution is -0.121. The van der Waals surface area contributed by atoms with Crippen LogP contribution in [0.2, 0.25) is 0 Å². The number of methoxy groups -OCH3 is 2. The van der Waals surface area contributed by atoms with Crippen LogP contribution in [0.5, 0.6) is 11.5 Å². The Hall–Kier alpha value is -2.37. The predicted molar refractivity (Wildman–Crippen MR) is 139 cm³/mol. The molecule has 0 aliphatic carbocycles. The Bertz CT molecular complexity index is 1070. The van der Waals surface area contributed by atoms with Crippen LogP contribution in [-0.2, 0) is 17.8 Å². The van der Waals surface area contributed by atoms with E-state index in [4.69, 9.17) is 9.47 Å². The van der Waals surface area contributed by atoms with Gasteiger partial charge in [-0.25, -0.2) is 0 Å². The zero-order valence-electron chi connectivity index (χ0n) is 21.7. The second kappa shape index (κ2) is 10.3. The van der Waals surface area contributed by atoms with Gasteiger partial charge in [-0.05, 0) is 77.8 Å². The minimum absolute atomic E-state index is 0.137. The van der Waals surface area contributed by atoms with Gasteiger partial charge in [0.15, 0.2) is 17.3 Å². The maximum atomic E-state index is 13.3. The molecule has 3 heterocycles. The minimum atomic E-state index is -0.137. The van der Waals surface area contributed by atoms with Crippen LogP contribution in [0.1, 0.15) is 73.9 Å². The van der Waals surface area contributed by atoms with Crippen molar-refractivity contribution in [3.8, 4) is 11.5 Å². The molecular formula is C30H40N2O3. The Labute approximate surface area is 210 Å². The number of nitrogens with zero attached hydrogens (tertiary/aromatic N) is 1. The summed E-state index contributed by atoms with van der Waals surface area (Å²) in [4.78, 5) is 16.0. The van der Waals surface area contributed by atoms with Crippen molar-refractivity contribution in [3.05, 3.63) is 58.7 Å². The number of ether oxygens (including phenoxy) is 2. The van der Waals surface area contributed by atoms with E-state index in [9.17, 15) is 4.79 Å². The SMILES string of the molecule is COc1cc2c(cc1OC)C1CC(CCC(=O)C3NCc4ccccc43)C(CC(C)C)CN1CC2. The molecule has 3 aliphatic heterocycles. The average molecular weight is 477 g/mol. The van der Waals surface area contributed by atoms with E-state index in [1.807, 2.05) is 6.07 Å². The number of piperidine rings is 1. The van der Waals surface area contributed by atoms with E-state index in [2.05, 4.69) is 54.4 Å². The fourth-order valence-electron chi connectivity index (χ4n) is 6.79. The molecule has 35 heavy (non-hydrogen) atoms. The normalized spacial score (nSPS) is 25.6. The van der Waals surface area contributed by atoms with E-state index >= 15 is 0 Å². The van der Waals surface area contributed by atoms with Crippen molar-refractivity contribution in [3.63, 3.8) is 0 Å². The third-order valence-corrected chi connectivity index (χ3v) is 8.50. The van der Waals surface area contributed by atoms with E-state index in [1.165, 1.54) is 28.7 Å². The Morgan fingerprint density at radius 3 is 2.60 bits per heavy atom. The van der Waals surface area contributed by atoms with Gasteiger partial charge in [0.05, 0.1) is 20.3 Å². The average Bonchev–Trinajstić information content (AvgIpc) is 3.30. The number of fused-ring (bicyclic) bond motifs is 4. The fraction of sp³-hybridized carbons (Fsp3) is 0.567. The Balaban J connectivity index is 1.34. The predicted octanol–water partition coefficient (Wildman–Crippen LogP) is 5.48. The number of rotatable bonds is 8. The summed E-state index contributed by atoms with van der Waals surface area (Å²) in [5.74, 6) is 3.84. The topological polar surface area (TPSA) is 50.8 Å². The summed E-state index contributed by atoms with van der Waals surface area (Å²) in [6, 6.07) is 13.0. The van der Waals surface area contributed by atoms with Gasteiger partial charge in [-0.15, -0.1) is 0 Å². The molecular weight excluding hydrogens is 436 g/mol. The summed E-state index contributed by atoms with van der Waals surface area (Å²) < 4.78 is 11.2. The Kier molecular flexibility index (Phi) is 7.17. The highest BCUT2D eigenvalue weighted by atomic mass is 16.5. The highest BCUT2D eigenvalue weighted by Crippen LogP contribution is 2.47. The maximum Gasteiger partial charge on any atom is 0.161 e. The first kappa shape index (κ1) is 24.3. The zero-order chi connectivity index (χ0) is 24.5. The summed E-state index contributed by atoms with van der Waals surface area (Å²) in [6.07, 6.45) is 5.02. The molecule has 3 aliphatic rings. The van der Waals surface area contributed by atoms with Gasteiger partial charge in [0.25, 0.3) is 0 Å². The molecule has 0 radical (unpaired) electrons. The third kappa shape index (κ3) is 4.85. The van der Waals surface area contributed by atoms with Crippen LogP contribution < -0.4 is 14.8 Å². The van der Waals surface area contributed by atoms with E-state index in [-0.39, 0.29) is 6.04 Å². The third-order valence-electron chi connectivity index (χ3n) is 8.50. The Morgan fingerprint density at radius 2 is 1.83 bits per heavy atom. The standard InChI is InChI=1S/C30H40N2O3/c1-19(2)13-23-18-32-12-11-21-15-28(34-3)29(35-4)16-25(21)26(32)14-20(23)9-10-27(33)30-24-8-6-5-7-22(24)17-31-30/h5-8,15-16,19-20,23,26,30-31H,9-14,17-18H2,1-4H3. The maximum absolute atomic E-state index is 13.3. The van der Waals surface area contributed by atoms with Crippen LogP contribution in [-0.4, -0.2) is 38.0 Å². The van der Waals surface area contributed by atoms with Gasteiger partial charge in [-0.2, -0.15) is 0 Å². The van der Waals surface area contributed by atoms with Crippen molar-refractivity contribution in [2.45, 2.75) is 64.6 Å². The largest absolute Gasteiger partial charge is 0.493 e. The number of benzene rings is 2. The van der Waals surface area contributed by atoms with Crippen molar-refractivity contribution < 1.29 is 14.3 Å². The van der Waals surface area contributed by atoms with E-state index in [0.717, 1.165) is 50.4 Å². The summed E-state index contributed by atoms with van der Waals surface area (Å²) in [5.41, 5.74) is 5.21. The number of nitrogens with one attached hydrogen (secondary N) is 1. The van der Waals surface area contributed by atoms with Crippen LogP contribution in [0.3, 0.4) is 0 Å². The van der Waals surface area contributed by atoms with Gasteiger partial charge >= 0.3 is 0 Å². The lowest BCUT2D eigenvalue weighted by Crippen LogP contribution is -2.46. The zero-order valence-corrected chi connectivity index (χ0v) is 21.7. The number of carbonyl (C=O) groups is 1. The number of hydrogen-bond donors (Lipinski definition) is 1. The number of Topliss-reactive ketones (excluding diaryl/α,β-unsaturated/α-hetero) is 1. The monoisotopic (exact) mass is 476 g/mol. The molecule has 5 rings (SSSR count). The molecule has 0 saturated carbocycles. The lowest BCUT2D eigenvalue weighted by atomic mass is 9.72. The van der Waals surface area contributed by atoms with Crippen LogP contribution in [0.25, 0.3) is 0 Å². The highest BCUT2D eigenvalue weighted by molar-refractivity contribution is 5.86. The smallest absolute Gasteiger partial charge is 0.161 e. The molecule has 5 nitrogen and oxygen atoms in total. The highest BCUT2D eigenvalue weighted by Gasteiger charge is 2.40. The first-order chi connectivity index (χ1) is 17.0. The summed E-state index contributed by atoms with van der Waals surface area (Å²) in [5, 5.41) is 3.45. The molecule has 1 fully saturated rings. The molecule has 0 spiro atoms. The second-order valence-corrected chi connectivity index (χ2v) is 11.1. The van der Waals surface area contributed by atoms with Gasteiger partial charge < -0.3 is 9.47 Å². The molecule has 5 heteroatoms. The van der Waals surface area contributed by atoms with Gasteiger partial charge in [0.2, 0.25) is 0 Å². The molecule has 4 atom stereocenters. The van der Waals surface area contributed by atoms with Crippen LogP contribution in [0.4, 0.5) is 0 Å². The van der Waals surface area contributed by atoms with Gasteiger partial charge in [0.1, 0.15) is 0 Å². The molecule has 1 N–H and O–H groups in total. The van der Waals surface area contributed by atoms with Crippen LogP contribution >= 0.6 is 0 Å². The Morgan fingerprint density at radius 1 is 1.06 bits per heavy atom. The number of ketones is 1. The van der Waals surface area contributed by atoms with Crippen LogP contribution in [0.15, 0.2) is 36.4 Å². The molecule has 0 aromatic heterocycles. The van der Waals surface area contributed by atoms with Crippen LogP contribution in [0, 0.1) is 17.8 Å². The molecule has 4 unspecified atom stereocenters. The molecule has 1 saturated heterocycles.